The lowest BCUT2D eigenvalue weighted by molar-refractivity contribution is 0.191. The predicted octanol–water partition coefficient (Wildman–Crippen LogP) is 0.232. The molecule has 70 valence electrons. The Hall–Kier alpha value is -1.26. The zero-order valence-corrected chi connectivity index (χ0v) is 8.16. The van der Waals surface area contributed by atoms with Crippen LogP contribution in [-0.2, 0) is 4.74 Å². The summed E-state index contributed by atoms with van der Waals surface area (Å²) in [5.41, 5.74) is 0. The van der Waals surface area contributed by atoms with Crippen molar-refractivity contribution >= 4 is 12.1 Å². The Labute approximate surface area is 72.6 Å². The topological polar surface area (TPSA) is 45.1 Å². The number of amidine groups is 1. The summed E-state index contributed by atoms with van der Waals surface area (Å²) in [6, 6.07) is 0.131. The van der Waals surface area contributed by atoms with Gasteiger partial charge in [-0.25, -0.2) is 9.79 Å². The van der Waals surface area contributed by atoms with Gasteiger partial charge in [0.2, 0.25) is 0 Å². The van der Waals surface area contributed by atoms with Crippen LogP contribution < -0.4 is 0 Å². The standard InChI is InChI=1S/C7H15N3O2/c1-8-6(12-5)10(4)7(11)9(2)3/h1-5H3/b8-6+. The number of aliphatic imine (C=N–C) groups is 1. The lowest BCUT2D eigenvalue weighted by Gasteiger charge is -2.21. The van der Waals surface area contributed by atoms with Crippen LogP contribution in [0.15, 0.2) is 4.99 Å². The minimum absolute atomic E-state index is 0.169. The fourth-order valence-electron chi connectivity index (χ4n) is 0.760. The third-order valence-electron chi connectivity index (χ3n) is 1.33. The van der Waals surface area contributed by atoms with Crippen LogP contribution in [0.3, 0.4) is 0 Å². The molecule has 0 atom stereocenters. The summed E-state index contributed by atoms with van der Waals surface area (Å²) in [7, 11) is 7.98. The second kappa shape index (κ2) is 4.58. The van der Waals surface area contributed by atoms with Gasteiger partial charge in [0.15, 0.2) is 0 Å². The van der Waals surface area contributed by atoms with E-state index in [0.29, 0.717) is 6.02 Å². The van der Waals surface area contributed by atoms with Crippen LogP contribution >= 0.6 is 0 Å². The molecule has 0 saturated heterocycles. The average Bonchev–Trinajstić information content (AvgIpc) is 2.05. The molecule has 5 heteroatoms. The molecule has 0 aliphatic heterocycles. The number of carbonyl (C=O) groups excluding carboxylic acids is 1. The molecule has 0 unspecified atom stereocenters. The largest absolute Gasteiger partial charge is 0.468 e. The van der Waals surface area contributed by atoms with Crippen LogP contribution in [0, 0.1) is 0 Å². The Morgan fingerprint density at radius 1 is 1.33 bits per heavy atom. The number of hydrogen-bond acceptors (Lipinski definition) is 3. The smallest absolute Gasteiger partial charge is 0.327 e. The molecule has 0 aromatic heterocycles. The normalized spacial score (nSPS) is 10.9. The van der Waals surface area contributed by atoms with Crippen LogP contribution in [0.2, 0.25) is 0 Å². The van der Waals surface area contributed by atoms with Crippen LogP contribution in [0.25, 0.3) is 0 Å². The quantitative estimate of drug-likeness (QED) is 0.389. The monoisotopic (exact) mass is 173 g/mol. The third kappa shape index (κ3) is 2.41. The van der Waals surface area contributed by atoms with Gasteiger partial charge in [0, 0.05) is 28.2 Å². The molecule has 0 aliphatic rings. The number of carbonyl (C=O) groups is 1. The summed E-state index contributed by atoms with van der Waals surface area (Å²) in [4.78, 5) is 17.9. The van der Waals surface area contributed by atoms with Crippen LogP contribution in [-0.4, -0.2) is 57.2 Å². The van der Waals surface area contributed by atoms with E-state index >= 15 is 0 Å². The summed E-state index contributed by atoms with van der Waals surface area (Å²) in [6.07, 6.45) is 0. The molecule has 0 fully saturated rings. The maximum absolute atomic E-state index is 11.3. The second-order valence-electron chi connectivity index (χ2n) is 2.45. The lowest BCUT2D eigenvalue weighted by Crippen LogP contribution is -2.41. The van der Waals surface area contributed by atoms with Gasteiger partial charge in [-0.2, -0.15) is 0 Å². The zero-order valence-electron chi connectivity index (χ0n) is 8.16. The minimum Gasteiger partial charge on any atom is -0.468 e. The number of ether oxygens (including phenoxy) is 1. The summed E-state index contributed by atoms with van der Waals surface area (Å²) in [6.45, 7) is 0. The van der Waals surface area contributed by atoms with Crippen molar-refractivity contribution in [2.75, 3.05) is 35.3 Å². The van der Waals surface area contributed by atoms with Gasteiger partial charge in [0.05, 0.1) is 7.11 Å². The van der Waals surface area contributed by atoms with Gasteiger partial charge in [-0.15, -0.1) is 0 Å². The van der Waals surface area contributed by atoms with E-state index in [-0.39, 0.29) is 6.03 Å². The molecule has 5 nitrogen and oxygen atoms in total. The minimum atomic E-state index is -0.169. The highest BCUT2D eigenvalue weighted by Crippen LogP contribution is 1.93. The van der Waals surface area contributed by atoms with Crippen molar-refractivity contribution in [3.8, 4) is 0 Å². The Bertz CT molecular complexity index is 189. The molecule has 0 bridgehead atoms. The summed E-state index contributed by atoms with van der Waals surface area (Å²) in [5.74, 6) is 0. The van der Waals surface area contributed by atoms with Crippen LogP contribution in [0.1, 0.15) is 0 Å². The fraction of sp³-hybridized carbons (Fsp3) is 0.714. The van der Waals surface area contributed by atoms with Crippen molar-refractivity contribution in [2.45, 2.75) is 0 Å². The van der Waals surface area contributed by atoms with E-state index in [1.165, 1.54) is 16.9 Å². The van der Waals surface area contributed by atoms with Gasteiger partial charge in [0.25, 0.3) is 6.02 Å². The summed E-state index contributed by atoms with van der Waals surface area (Å²) < 4.78 is 4.86. The van der Waals surface area contributed by atoms with E-state index < -0.39 is 0 Å². The van der Waals surface area contributed by atoms with Crippen LogP contribution in [0.4, 0.5) is 4.79 Å². The van der Waals surface area contributed by atoms with Crippen LogP contribution in [0.5, 0.6) is 0 Å². The number of nitrogens with zero attached hydrogens (tertiary/aromatic N) is 3. The first-order valence-corrected chi connectivity index (χ1v) is 3.50. The highest BCUT2D eigenvalue weighted by Gasteiger charge is 2.15. The summed E-state index contributed by atoms with van der Waals surface area (Å²) in [5, 5.41) is 0. The number of hydrogen-bond donors (Lipinski definition) is 0. The van der Waals surface area contributed by atoms with Gasteiger partial charge in [-0.1, -0.05) is 0 Å². The number of rotatable bonds is 0. The van der Waals surface area contributed by atoms with E-state index in [0.717, 1.165) is 0 Å². The van der Waals surface area contributed by atoms with Crippen molar-refractivity contribution in [1.29, 1.82) is 0 Å². The second-order valence-corrected chi connectivity index (χ2v) is 2.45. The van der Waals surface area contributed by atoms with E-state index in [9.17, 15) is 4.79 Å². The first-order chi connectivity index (χ1) is 5.54. The van der Waals surface area contributed by atoms with E-state index in [1.807, 2.05) is 0 Å². The van der Waals surface area contributed by atoms with E-state index in [2.05, 4.69) is 4.99 Å². The third-order valence-corrected chi connectivity index (χ3v) is 1.33. The molecule has 0 heterocycles. The first kappa shape index (κ1) is 10.7. The van der Waals surface area contributed by atoms with Gasteiger partial charge >= 0.3 is 6.03 Å². The number of methoxy groups -OCH3 is 1. The van der Waals surface area contributed by atoms with Gasteiger partial charge < -0.3 is 9.64 Å². The fourth-order valence-corrected chi connectivity index (χ4v) is 0.760. The molecule has 12 heavy (non-hydrogen) atoms. The van der Waals surface area contributed by atoms with Crippen molar-refractivity contribution in [3.63, 3.8) is 0 Å². The maximum atomic E-state index is 11.3. The molecule has 0 saturated carbocycles. The number of amides is 2. The predicted molar refractivity (Wildman–Crippen MR) is 47.2 cm³/mol. The van der Waals surface area contributed by atoms with E-state index in [4.69, 9.17) is 4.74 Å². The molecule has 2 amide bonds. The zero-order chi connectivity index (χ0) is 9.72. The molecule has 0 radical (unpaired) electrons. The molecule has 0 aliphatic carbocycles. The van der Waals surface area contributed by atoms with Gasteiger partial charge in [-0.05, 0) is 0 Å². The summed E-state index contributed by atoms with van der Waals surface area (Å²) >= 11 is 0. The number of urea groups is 1. The molecule has 0 aromatic rings. The molecule has 0 rings (SSSR count). The molecular formula is C7H15N3O2. The lowest BCUT2D eigenvalue weighted by atomic mass is 10.7. The van der Waals surface area contributed by atoms with Gasteiger partial charge in [-0.3, -0.25) is 4.90 Å². The van der Waals surface area contributed by atoms with Crippen molar-refractivity contribution in [1.82, 2.24) is 9.80 Å². The molecule has 0 N–H and O–H groups in total. The van der Waals surface area contributed by atoms with Crippen molar-refractivity contribution < 1.29 is 9.53 Å². The van der Waals surface area contributed by atoms with Gasteiger partial charge in [0.1, 0.15) is 0 Å². The molecule has 0 spiro atoms. The maximum Gasteiger partial charge on any atom is 0.327 e. The Morgan fingerprint density at radius 3 is 2.08 bits per heavy atom. The Kier molecular flexibility index (Phi) is 4.10. The molecule has 0 aromatic carbocycles. The Balaban J connectivity index is 4.37. The van der Waals surface area contributed by atoms with Crippen molar-refractivity contribution in [3.05, 3.63) is 0 Å². The first-order valence-electron chi connectivity index (χ1n) is 3.50. The van der Waals surface area contributed by atoms with E-state index in [1.54, 1.807) is 28.2 Å². The van der Waals surface area contributed by atoms with Crippen molar-refractivity contribution in [2.24, 2.45) is 4.99 Å². The SMILES string of the molecule is C/N=C(/OC)N(C)C(=O)N(C)C. The highest BCUT2D eigenvalue weighted by molar-refractivity contribution is 5.92. The Morgan fingerprint density at radius 2 is 1.83 bits per heavy atom. The highest BCUT2D eigenvalue weighted by atomic mass is 16.5. The molecular weight excluding hydrogens is 158 g/mol. The average molecular weight is 173 g/mol.